The van der Waals surface area contributed by atoms with Crippen LogP contribution in [0, 0.1) is 11.8 Å². The van der Waals surface area contributed by atoms with Crippen LogP contribution in [0.5, 0.6) is 0 Å². The first-order valence-corrected chi connectivity index (χ1v) is 7.23. The van der Waals surface area contributed by atoms with E-state index in [-0.39, 0.29) is 0 Å². The van der Waals surface area contributed by atoms with Crippen LogP contribution >= 0.6 is 0 Å². The van der Waals surface area contributed by atoms with Crippen LogP contribution < -0.4 is 0 Å². The van der Waals surface area contributed by atoms with Crippen LogP contribution in [0.15, 0.2) is 0 Å². The first-order chi connectivity index (χ1) is 8.33. The lowest BCUT2D eigenvalue weighted by atomic mass is 10.1. The molecule has 0 radical (unpaired) electrons. The number of carbonyl (C=O) groups is 1. The van der Waals surface area contributed by atoms with Crippen molar-refractivity contribution < 1.29 is 9.53 Å². The standard InChI is InChI=1S/C14H23NO2/c16-14(12-3-1-2-4-12)15-8-7-13(9-15)17-10-11-5-6-11/h11-13H,1-10H2. The summed E-state index contributed by atoms with van der Waals surface area (Å²) in [4.78, 5) is 14.3. The van der Waals surface area contributed by atoms with Crippen LogP contribution in [0.2, 0.25) is 0 Å². The van der Waals surface area contributed by atoms with Crippen molar-refractivity contribution in [3.63, 3.8) is 0 Å². The molecule has 3 nitrogen and oxygen atoms in total. The van der Waals surface area contributed by atoms with Gasteiger partial charge in [-0.05, 0) is 38.0 Å². The molecule has 0 aromatic heterocycles. The van der Waals surface area contributed by atoms with Crippen molar-refractivity contribution in [1.29, 1.82) is 0 Å². The molecule has 0 aromatic carbocycles. The monoisotopic (exact) mass is 237 g/mol. The minimum absolute atomic E-state index is 0.320. The average Bonchev–Trinajstić information content (AvgIpc) is 2.86. The van der Waals surface area contributed by atoms with Crippen LogP contribution in [0.4, 0.5) is 0 Å². The van der Waals surface area contributed by atoms with Crippen LogP contribution in [0.3, 0.4) is 0 Å². The zero-order chi connectivity index (χ0) is 11.7. The predicted octanol–water partition coefficient (Wildman–Crippen LogP) is 2.20. The van der Waals surface area contributed by atoms with E-state index in [4.69, 9.17) is 4.74 Å². The summed E-state index contributed by atoms with van der Waals surface area (Å²) in [5.74, 6) is 1.56. The van der Waals surface area contributed by atoms with Crippen LogP contribution in [-0.4, -0.2) is 36.6 Å². The molecule has 1 heterocycles. The number of hydrogen-bond donors (Lipinski definition) is 0. The molecule has 0 bridgehead atoms. The summed E-state index contributed by atoms with van der Waals surface area (Å²) in [7, 11) is 0. The van der Waals surface area contributed by atoms with Gasteiger partial charge in [0.1, 0.15) is 0 Å². The number of carbonyl (C=O) groups excluding carboxylic acids is 1. The van der Waals surface area contributed by atoms with E-state index >= 15 is 0 Å². The number of likely N-dealkylation sites (tertiary alicyclic amines) is 1. The van der Waals surface area contributed by atoms with E-state index in [0.29, 0.717) is 17.9 Å². The molecule has 1 amide bonds. The van der Waals surface area contributed by atoms with Gasteiger partial charge in [0.15, 0.2) is 0 Å². The Morgan fingerprint density at radius 3 is 2.59 bits per heavy atom. The topological polar surface area (TPSA) is 29.5 Å². The van der Waals surface area contributed by atoms with Crippen LogP contribution in [-0.2, 0) is 9.53 Å². The molecule has 0 spiro atoms. The minimum atomic E-state index is 0.320. The Bertz CT molecular complexity index is 282. The van der Waals surface area contributed by atoms with Crippen molar-refractivity contribution in [1.82, 2.24) is 4.90 Å². The van der Waals surface area contributed by atoms with Gasteiger partial charge in [0.05, 0.1) is 6.10 Å². The number of rotatable bonds is 4. The van der Waals surface area contributed by atoms with Gasteiger partial charge in [0.25, 0.3) is 0 Å². The Kier molecular flexibility index (Phi) is 3.37. The summed E-state index contributed by atoms with van der Waals surface area (Å²) >= 11 is 0. The SMILES string of the molecule is O=C(C1CCCC1)N1CCC(OCC2CC2)C1. The molecule has 2 saturated carbocycles. The lowest BCUT2D eigenvalue weighted by Gasteiger charge is -2.20. The van der Waals surface area contributed by atoms with E-state index in [2.05, 4.69) is 0 Å². The smallest absolute Gasteiger partial charge is 0.225 e. The van der Waals surface area contributed by atoms with Crippen LogP contribution in [0.1, 0.15) is 44.9 Å². The second-order valence-corrected chi connectivity index (χ2v) is 5.95. The molecule has 0 aromatic rings. The molecule has 1 aliphatic heterocycles. The van der Waals surface area contributed by atoms with Gasteiger partial charge >= 0.3 is 0 Å². The number of hydrogen-bond acceptors (Lipinski definition) is 2. The highest BCUT2D eigenvalue weighted by molar-refractivity contribution is 5.79. The van der Waals surface area contributed by atoms with Gasteiger partial charge in [0, 0.05) is 25.6 Å². The largest absolute Gasteiger partial charge is 0.376 e. The van der Waals surface area contributed by atoms with Crippen molar-refractivity contribution in [2.24, 2.45) is 11.8 Å². The van der Waals surface area contributed by atoms with Crippen molar-refractivity contribution in [3.05, 3.63) is 0 Å². The highest BCUT2D eigenvalue weighted by atomic mass is 16.5. The summed E-state index contributed by atoms with van der Waals surface area (Å²) in [5, 5.41) is 0. The molecule has 2 aliphatic carbocycles. The Labute approximate surface area is 104 Å². The summed E-state index contributed by atoms with van der Waals surface area (Å²) < 4.78 is 5.88. The third-order valence-corrected chi connectivity index (χ3v) is 4.43. The lowest BCUT2D eigenvalue weighted by molar-refractivity contribution is -0.134. The van der Waals surface area contributed by atoms with Gasteiger partial charge in [-0.2, -0.15) is 0 Å². The van der Waals surface area contributed by atoms with Gasteiger partial charge in [0.2, 0.25) is 5.91 Å². The molecule has 1 saturated heterocycles. The van der Waals surface area contributed by atoms with Crippen LogP contribution in [0.25, 0.3) is 0 Å². The first-order valence-electron chi connectivity index (χ1n) is 7.23. The highest BCUT2D eigenvalue weighted by Crippen LogP contribution is 2.31. The molecular formula is C14H23NO2. The van der Waals surface area contributed by atoms with E-state index in [1.54, 1.807) is 0 Å². The van der Waals surface area contributed by atoms with Gasteiger partial charge < -0.3 is 9.64 Å². The quantitative estimate of drug-likeness (QED) is 0.750. The molecule has 1 atom stereocenters. The molecule has 3 heteroatoms. The van der Waals surface area contributed by atoms with Gasteiger partial charge in [-0.3, -0.25) is 4.79 Å². The molecule has 96 valence electrons. The van der Waals surface area contributed by atoms with E-state index in [9.17, 15) is 4.79 Å². The first kappa shape index (κ1) is 11.5. The molecular weight excluding hydrogens is 214 g/mol. The third kappa shape index (κ3) is 2.82. The summed E-state index contributed by atoms with van der Waals surface area (Å²) in [6.45, 7) is 2.70. The van der Waals surface area contributed by atoms with Crippen molar-refractivity contribution in [2.45, 2.75) is 51.0 Å². The predicted molar refractivity (Wildman–Crippen MR) is 65.6 cm³/mol. The number of ether oxygens (including phenoxy) is 1. The highest BCUT2D eigenvalue weighted by Gasteiger charge is 2.33. The maximum atomic E-state index is 12.2. The maximum Gasteiger partial charge on any atom is 0.225 e. The van der Waals surface area contributed by atoms with Crippen molar-refractivity contribution in [3.8, 4) is 0 Å². The summed E-state index contributed by atoms with van der Waals surface area (Å²) in [6.07, 6.45) is 8.77. The Morgan fingerprint density at radius 1 is 1.12 bits per heavy atom. The van der Waals surface area contributed by atoms with Gasteiger partial charge in [-0.15, -0.1) is 0 Å². The fourth-order valence-electron chi connectivity index (χ4n) is 3.05. The Morgan fingerprint density at radius 2 is 1.88 bits per heavy atom. The van der Waals surface area contributed by atoms with E-state index < -0.39 is 0 Å². The van der Waals surface area contributed by atoms with E-state index in [1.165, 1.54) is 25.7 Å². The normalized spacial score (nSPS) is 30.1. The van der Waals surface area contributed by atoms with Crippen molar-refractivity contribution in [2.75, 3.05) is 19.7 Å². The molecule has 1 unspecified atom stereocenters. The maximum absolute atomic E-state index is 12.2. The Hall–Kier alpha value is -0.570. The Balaban J connectivity index is 1.43. The molecule has 3 aliphatic rings. The lowest BCUT2D eigenvalue weighted by Crippen LogP contribution is -2.34. The third-order valence-electron chi connectivity index (χ3n) is 4.43. The van der Waals surface area contributed by atoms with Gasteiger partial charge in [-0.1, -0.05) is 12.8 Å². The number of nitrogens with zero attached hydrogens (tertiary/aromatic N) is 1. The molecule has 0 N–H and O–H groups in total. The van der Waals surface area contributed by atoms with E-state index in [0.717, 1.165) is 44.9 Å². The molecule has 3 fully saturated rings. The van der Waals surface area contributed by atoms with E-state index in [1.807, 2.05) is 4.90 Å². The molecule has 3 rings (SSSR count). The summed E-state index contributed by atoms with van der Waals surface area (Å²) in [5.41, 5.74) is 0. The fourth-order valence-corrected chi connectivity index (χ4v) is 3.05. The number of amides is 1. The fraction of sp³-hybridized carbons (Fsp3) is 0.929. The van der Waals surface area contributed by atoms with Gasteiger partial charge in [-0.25, -0.2) is 0 Å². The zero-order valence-electron chi connectivity index (χ0n) is 10.6. The summed E-state index contributed by atoms with van der Waals surface area (Å²) in [6, 6.07) is 0. The second kappa shape index (κ2) is 4.97. The second-order valence-electron chi connectivity index (χ2n) is 5.95. The average molecular weight is 237 g/mol. The molecule has 17 heavy (non-hydrogen) atoms. The van der Waals surface area contributed by atoms with Crippen molar-refractivity contribution >= 4 is 5.91 Å². The zero-order valence-corrected chi connectivity index (χ0v) is 10.6. The minimum Gasteiger partial charge on any atom is -0.376 e.